The summed E-state index contributed by atoms with van der Waals surface area (Å²) in [4.78, 5) is 38.8. The van der Waals surface area contributed by atoms with Crippen molar-refractivity contribution in [3.8, 4) is 0 Å². The number of nitrogens with zero attached hydrogens (tertiary/aromatic N) is 1. The number of aromatic nitrogens is 1. The highest BCUT2D eigenvalue weighted by Crippen LogP contribution is 2.25. The third-order valence-electron chi connectivity index (χ3n) is 4.60. The maximum absolute atomic E-state index is 12.1. The normalized spacial score (nSPS) is 15.9. The van der Waals surface area contributed by atoms with E-state index in [-0.39, 0.29) is 41.7 Å². The summed E-state index contributed by atoms with van der Waals surface area (Å²) in [6.07, 6.45) is 7.70. The lowest BCUT2D eigenvalue weighted by Crippen LogP contribution is -2.46. The molecule has 1 aromatic heterocycles. The number of carbonyl (C=O) groups excluding carboxylic acids is 2. The Hall–Kier alpha value is -2.68. The zero-order valence-corrected chi connectivity index (χ0v) is 14.5. The Balaban J connectivity index is 1.79. The van der Waals surface area contributed by atoms with Gasteiger partial charge in [-0.15, -0.1) is 0 Å². The Bertz CT molecular complexity index is 673. The predicted molar refractivity (Wildman–Crippen MR) is 96.4 cm³/mol. The van der Waals surface area contributed by atoms with Crippen LogP contribution in [0.25, 0.3) is 0 Å². The molecule has 142 valence electrons. The van der Waals surface area contributed by atoms with Gasteiger partial charge >= 0.3 is 5.97 Å². The third-order valence-corrected chi connectivity index (χ3v) is 4.60. The van der Waals surface area contributed by atoms with Gasteiger partial charge in [-0.3, -0.25) is 14.6 Å². The molecular formula is C17H25N5O4. The first-order valence-electron chi connectivity index (χ1n) is 8.70. The number of carboxylic acids is 1. The minimum absolute atomic E-state index is 0.0138. The Labute approximate surface area is 151 Å². The van der Waals surface area contributed by atoms with Crippen LogP contribution < -0.4 is 22.1 Å². The molecule has 0 bridgehead atoms. The molecule has 1 saturated carbocycles. The molecule has 1 heterocycles. The van der Waals surface area contributed by atoms with E-state index >= 15 is 0 Å². The smallest absolute Gasteiger partial charge is 0.339 e. The van der Waals surface area contributed by atoms with Crippen molar-refractivity contribution in [3.05, 3.63) is 18.0 Å². The van der Waals surface area contributed by atoms with Gasteiger partial charge in [0.1, 0.15) is 5.56 Å². The van der Waals surface area contributed by atoms with Crippen molar-refractivity contribution in [2.75, 3.05) is 17.6 Å². The number of carboxylic acid groups (broad SMARTS) is 1. The SMILES string of the molecule is Nc1c(NC(=O)CCNC(=O)[C@@H](N)C2CCCCC2)cncc1C(=O)O. The molecule has 0 aromatic carbocycles. The molecule has 0 spiro atoms. The van der Waals surface area contributed by atoms with Crippen LogP contribution in [-0.2, 0) is 9.59 Å². The van der Waals surface area contributed by atoms with Gasteiger partial charge in [0, 0.05) is 19.2 Å². The number of hydrogen-bond acceptors (Lipinski definition) is 6. The molecule has 2 rings (SSSR count). The van der Waals surface area contributed by atoms with Crippen LogP contribution in [0.15, 0.2) is 12.4 Å². The topological polar surface area (TPSA) is 160 Å². The number of hydrogen-bond donors (Lipinski definition) is 5. The van der Waals surface area contributed by atoms with E-state index in [1.54, 1.807) is 0 Å². The number of nitrogens with two attached hydrogens (primary N) is 2. The van der Waals surface area contributed by atoms with Crippen LogP contribution >= 0.6 is 0 Å². The minimum atomic E-state index is -1.23. The third kappa shape index (κ3) is 5.16. The van der Waals surface area contributed by atoms with Gasteiger partial charge in [0.2, 0.25) is 11.8 Å². The van der Waals surface area contributed by atoms with Gasteiger partial charge in [-0.1, -0.05) is 19.3 Å². The molecule has 9 nitrogen and oxygen atoms in total. The van der Waals surface area contributed by atoms with Crippen molar-refractivity contribution in [3.63, 3.8) is 0 Å². The van der Waals surface area contributed by atoms with E-state index in [1.807, 2.05) is 0 Å². The predicted octanol–water partition coefficient (Wildman–Crippen LogP) is 0.714. The standard InChI is InChI=1S/C17H25N5O4/c18-14(10-4-2-1-3-5-10)16(24)21-7-6-13(23)22-12-9-20-8-11(15(12)19)17(25)26/h8-10,14H,1-7,18H2,(H2,19,20)(H,21,24)(H,22,23)(H,25,26)/t14-/m0/s1. The Kier molecular flexibility index (Phi) is 6.90. The first-order chi connectivity index (χ1) is 12.4. The Morgan fingerprint density at radius 2 is 1.92 bits per heavy atom. The molecule has 1 aliphatic rings. The molecule has 1 fully saturated rings. The van der Waals surface area contributed by atoms with Crippen molar-refractivity contribution in [2.45, 2.75) is 44.6 Å². The first kappa shape index (κ1) is 19.6. The zero-order valence-electron chi connectivity index (χ0n) is 14.5. The van der Waals surface area contributed by atoms with E-state index in [0.29, 0.717) is 0 Å². The van der Waals surface area contributed by atoms with E-state index in [4.69, 9.17) is 16.6 Å². The Morgan fingerprint density at radius 3 is 2.58 bits per heavy atom. The highest BCUT2D eigenvalue weighted by atomic mass is 16.4. The average Bonchev–Trinajstić information content (AvgIpc) is 2.63. The van der Waals surface area contributed by atoms with Crippen LogP contribution in [0.5, 0.6) is 0 Å². The second-order valence-electron chi connectivity index (χ2n) is 6.47. The van der Waals surface area contributed by atoms with E-state index in [1.165, 1.54) is 12.6 Å². The van der Waals surface area contributed by atoms with E-state index < -0.39 is 17.9 Å². The van der Waals surface area contributed by atoms with Crippen molar-refractivity contribution >= 4 is 29.2 Å². The highest BCUT2D eigenvalue weighted by Gasteiger charge is 2.25. The summed E-state index contributed by atoms with van der Waals surface area (Å²) in [5, 5.41) is 14.2. The van der Waals surface area contributed by atoms with Gasteiger partial charge in [-0.25, -0.2) is 4.79 Å². The van der Waals surface area contributed by atoms with Crippen molar-refractivity contribution in [1.29, 1.82) is 0 Å². The zero-order chi connectivity index (χ0) is 19.1. The van der Waals surface area contributed by atoms with Gasteiger partial charge in [-0.2, -0.15) is 0 Å². The largest absolute Gasteiger partial charge is 0.478 e. The summed E-state index contributed by atoms with van der Waals surface area (Å²) in [7, 11) is 0. The number of nitrogen functional groups attached to an aromatic ring is 1. The number of rotatable bonds is 7. The van der Waals surface area contributed by atoms with Gasteiger partial charge < -0.3 is 27.2 Å². The molecule has 1 aromatic rings. The lowest BCUT2D eigenvalue weighted by molar-refractivity contribution is -0.123. The molecule has 1 aliphatic carbocycles. The molecule has 9 heteroatoms. The fourth-order valence-corrected chi connectivity index (χ4v) is 3.08. The summed E-state index contributed by atoms with van der Waals surface area (Å²) in [5.41, 5.74) is 11.6. The van der Waals surface area contributed by atoms with E-state index in [0.717, 1.165) is 31.9 Å². The lowest BCUT2D eigenvalue weighted by atomic mass is 9.84. The number of pyridine rings is 1. The molecule has 0 radical (unpaired) electrons. The molecule has 2 amide bonds. The van der Waals surface area contributed by atoms with Crippen LogP contribution in [0.4, 0.5) is 11.4 Å². The number of aromatic carboxylic acids is 1. The molecular weight excluding hydrogens is 338 g/mol. The summed E-state index contributed by atoms with van der Waals surface area (Å²) in [5.74, 6) is -1.69. The van der Waals surface area contributed by atoms with Crippen LogP contribution in [-0.4, -0.2) is 40.5 Å². The van der Waals surface area contributed by atoms with Crippen molar-refractivity contribution in [1.82, 2.24) is 10.3 Å². The average molecular weight is 363 g/mol. The van der Waals surface area contributed by atoms with E-state index in [9.17, 15) is 14.4 Å². The number of nitrogens with one attached hydrogen (secondary N) is 2. The van der Waals surface area contributed by atoms with Gasteiger partial charge in [0.15, 0.2) is 0 Å². The number of anilines is 2. The summed E-state index contributed by atoms with van der Waals surface area (Å²) in [6, 6.07) is -0.551. The summed E-state index contributed by atoms with van der Waals surface area (Å²) >= 11 is 0. The summed E-state index contributed by atoms with van der Waals surface area (Å²) in [6.45, 7) is 0.136. The van der Waals surface area contributed by atoms with Crippen LogP contribution in [0.2, 0.25) is 0 Å². The highest BCUT2D eigenvalue weighted by molar-refractivity contribution is 6.00. The first-order valence-corrected chi connectivity index (χ1v) is 8.70. The quantitative estimate of drug-likeness (QED) is 0.477. The molecule has 26 heavy (non-hydrogen) atoms. The van der Waals surface area contributed by atoms with Gasteiger partial charge in [0.05, 0.1) is 23.6 Å². The van der Waals surface area contributed by atoms with Crippen LogP contribution in [0, 0.1) is 5.92 Å². The fourth-order valence-electron chi connectivity index (χ4n) is 3.08. The molecule has 1 atom stereocenters. The maximum Gasteiger partial charge on any atom is 0.339 e. The number of amides is 2. The minimum Gasteiger partial charge on any atom is -0.478 e. The molecule has 0 unspecified atom stereocenters. The maximum atomic E-state index is 12.1. The van der Waals surface area contributed by atoms with Crippen molar-refractivity contribution in [2.24, 2.45) is 11.7 Å². The molecule has 0 saturated heterocycles. The summed E-state index contributed by atoms with van der Waals surface area (Å²) < 4.78 is 0. The second kappa shape index (κ2) is 9.14. The molecule has 0 aliphatic heterocycles. The van der Waals surface area contributed by atoms with Gasteiger partial charge in [-0.05, 0) is 18.8 Å². The lowest BCUT2D eigenvalue weighted by Gasteiger charge is -2.26. The van der Waals surface area contributed by atoms with Crippen molar-refractivity contribution < 1.29 is 19.5 Å². The fraction of sp³-hybridized carbons (Fsp3) is 0.529. The van der Waals surface area contributed by atoms with E-state index in [2.05, 4.69) is 15.6 Å². The monoisotopic (exact) mass is 363 g/mol. The number of carbonyl (C=O) groups is 3. The van der Waals surface area contributed by atoms with Crippen LogP contribution in [0.1, 0.15) is 48.9 Å². The van der Waals surface area contributed by atoms with Gasteiger partial charge in [0.25, 0.3) is 0 Å². The van der Waals surface area contributed by atoms with Crippen LogP contribution in [0.3, 0.4) is 0 Å². The Morgan fingerprint density at radius 1 is 1.23 bits per heavy atom. The second-order valence-corrected chi connectivity index (χ2v) is 6.47. The molecule has 7 N–H and O–H groups in total.